The Morgan fingerprint density at radius 3 is 2.88 bits per heavy atom. The van der Waals surface area contributed by atoms with Crippen LogP contribution in [-0.2, 0) is 4.74 Å². The normalized spacial score (nSPS) is 18.2. The molecular formula is C17H20FN3O3. The van der Waals surface area contributed by atoms with Crippen LogP contribution in [0.3, 0.4) is 0 Å². The van der Waals surface area contributed by atoms with Crippen molar-refractivity contribution in [2.45, 2.75) is 32.8 Å². The zero-order valence-corrected chi connectivity index (χ0v) is 14.0. The van der Waals surface area contributed by atoms with E-state index in [1.165, 1.54) is 6.07 Å². The second-order valence-electron chi connectivity index (χ2n) is 6.16. The van der Waals surface area contributed by atoms with Gasteiger partial charge in [0.15, 0.2) is 6.10 Å². The minimum Gasteiger partial charge on any atom is -0.422 e. The van der Waals surface area contributed by atoms with Gasteiger partial charge in [-0.25, -0.2) is 4.39 Å². The molecule has 1 fully saturated rings. The van der Waals surface area contributed by atoms with Crippen LogP contribution in [0.25, 0.3) is 0 Å². The summed E-state index contributed by atoms with van der Waals surface area (Å²) in [6, 6.07) is 4.52. The smallest absolute Gasteiger partial charge is 0.254 e. The van der Waals surface area contributed by atoms with Crippen LogP contribution in [0.4, 0.5) is 4.39 Å². The van der Waals surface area contributed by atoms with Gasteiger partial charge in [-0.05, 0) is 24.6 Å². The number of morpholine rings is 1. The Kier molecular flexibility index (Phi) is 4.62. The highest BCUT2D eigenvalue weighted by Crippen LogP contribution is 2.25. The van der Waals surface area contributed by atoms with Gasteiger partial charge in [-0.1, -0.05) is 19.9 Å². The van der Waals surface area contributed by atoms with Crippen LogP contribution in [0.1, 0.15) is 53.6 Å². The van der Waals surface area contributed by atoms with E-state index in [0.717, 1.165) is 0 Å². The number of aromatic nitrogens is 2. The van der Waals surface area contributed by atoms with Crippen LogP contribution in [0.2, 0.25) is 0 Å². The summed E-state index contributed by atoms with van der Waals surface area (Å²) in [6.45, 7) is 6.63. The molecule has 0 spiro atoms. The number of halogens is 1. The van der Waals surface area contributed by atoms with Gasteiger partial charge >= 0.3 is 0 Å². The van der Waals surface area contributed by atoms with E-state index in [0.29, 0.717) is 42.6 Å². The molecule has 1 aromatic heterocycles. The molecular weight excluding hydrogens is 313 g/mol. The van der Waals surface area contributed by atoms with Crippen molar-refractivity contribution in [3.05, 3.63) is 46.9 Å². The van der Waals surface area contributed by atoms with E-state index < -0.39 is 6.10 Å². The molecule has 0 saturated carbocycles. The number of rotatable bonds is 3. The maximum atomic E-state index is 13.7. The van der Waals surface area contributed by atoms with Crippen molar-refractivity contribution in [1.29, 1.82) is 0 Å². The molecule has 1 unspecified atom stereocenters. The van der Waals surface area contributed by atoms with Crippen LogP contribution in [0.15, 0.2) is 22.6 Å². The van der Waals surface area contributed by atoms with Crippen LogP contribution >= 0.6 is 0 Å². The maximum absolute atomic E-state index is 13.7. The lowest BCUT2D eigenvalue weighted by molar-refractivity contribution is -0.0351. The van der Waals surface area contributed by atoms with E-state index in [1.54, 1.807) is 24.0 Å². The van der Waals surface area contributed by atoms with E-state index in [2.05, 4.69) is 10.2 Å². The fourth-order valence-corrected chi connectivity index (χ4v) is 2.60. The fourth-order valence-electron chi connectivity index (χ4n) is 2.60. The number of ether oxygens (including phenoxy) is 1. The summed E-state index contributed by atoms with van der Waals surface area (Å²) in [6.07, 6.45) is -0.462. The monoisotopic (exact) mass is 333 g/mol. The number of hydrogen-bond acceptors (Lipinski definition) is 5. The summed E-state index contributed by atoms with van der Waals surface area (Å²) in [4.78, 5) is 14.3. The van der Waals surface area contributed by atoms with Gasteiger partial charge in [0.2, 0.25) is 11.8 Å². The Balaban J connectivity index is 1.77. The predicted octanol–water partition coefficient (Wildman–Crippen LogP) is 2.85. The second-order valence-corrected chi connectivity index (χ2v) is 6.16. The van der Waals surface area contributed by atoms with Crippen molar-refractivity contribution < 1.29 is 18.3 Å². The number of hydrogen-bond donors (Lipinski definition) is 0. The average Bonchev–Trinajstić information content (AvgIpc) is 3.07. The molecule has 0 N–H and O–H groups in total. The first-order chi connectivity index (χ1) is 11.5. The lowest BCUT2D eigenvalue weighted by atomic mass is 10.1. The Hall–Kier alpha value is -2.28. The Bertz CT molecular complexity index is 744. The Morgan fingerprint density at radius 2 is 2.17 bits per heavy atom. The van der Waals surface area contributed by atoms with Gasteiger partial charge in [0.05, 0.1) is 13.2 Å². The van der Waals surface area contributed by atoms with Crippen molar-refractivity contribution >= 4 is 5.91 Å². The minimum absolute atomic E-state index is 0.127. The van der Waals surface area contributed by atoms with Gasteiger partial charge in [0.25, 0.3) is 5.91 Å². The largest absolute Gasteiger partial charge is 0.422 e. The SMILES string of the molecule is Cc1c(F)cccc1C(=O)N1CCOC(c2nnc(C(C)C)o2)C1. The van der Waals surface area contributed by atoms with Gasteiger partial charge in [0.1, 0.15) is 5.82 Å². The number of amides is 1. The molecule has 1 atom stereocenters. The number of carbonyl (C=O) groups excluding carboxylic acids is 1. The summed E-state index contributed by atoms with van der Waals surface area (Å²) in [7, 11) is 0. The first kappa shape index (κ1) is 16.6. The van der Waals surface area contributed by atoms with Crippen LogP contribution in [-0.4, -0.2) is 40.7 Å². The molecule has 2 aromatic rings. The predicted molar refractivity (Wildman–Crippen MR) is 84.1 cm³/mol. The van der Waals surface area contributed by atoms with Crippen molar-refractivity contribution in [1.82, 2.24) is 15.1 Å². The lowest BCUT2D eigenvalue weighted by Gasteiger charge is -2.31. The van der Waals surface area contributed by atoms with Crippen molar-refractivity contribution in [2.24, 2.45) is 0 Å². The van der Waals surface area contributed by atoms with E-state index in [-0.39, 0.29) is 17.6 Å². The highest BCUT2D eigenvalue weighted by atomic mass is 19.1. The van der Waals surface area contributed by atoms with E-state index in [1.807, 2.05) is 13.8 Å². The molecule has 3 rings (SSSR count). The highest BCUT2D eigenvalue weighted by molar-refractivity contribution is 5.95. The first-order valence-electron chi connectivity index (χ1n) is 7.96. The molecule has 6 nitrogen and oxygen atoms in total. The summed E-state index contributed by atoms with van der Waals surface area (Å²) >= 11 is 0. The molecule has 1 saturated heterocycles. The van der Waals surface area contributed by atoms with Crippen molar-refractivity contribution in [3.8, 4) is 0 Å². The Morgan fingerprint density at radius 1 is 1.38 bits per heavy atom. The third-order valence-electron chi connectivity index (χ3n) is 4.08. The van der Waals surface area contributed by atoms with E-state index in [9.17, 15) is 9.18 Å². The number of benzene rings is 1. The minimum atomic E-state index is -0.462. The van der Waals surface area contributed by atoms with Gasteiger partial charge < -0.3 is 14.1 Å². The third kappa shape index (κ3) is 3.17. The quantitative estimate of drug-likeness (QED) is 0.864. The van der Waals surface area contributed by atoms with Gasteiger partial charge in [-0.3, -0.25) is 4.79 Å². The third-order valence-corrected chi connectivity index (χ3v) is 4.08. The fraction of sp³-hybridized carbons (Fsp3) is 0.471. The van der Waals surface area contributed by atoms with Crippen LogP contribution in [0, 0.1) is 12.7 Å². The van der Waals surface area contributed by atoms with Crippen molar-refractivity contribution in [2.75, 3.05) is 19.7 Å². The first-order valence-corrected chi connectivity index (χ1v) is 7.96. The molecule has 1 aromatic carbocycles. The van der Waals surface area contributed by atoms with Crippen LogP contribution in [0.5, 0.6) is 0 Å². The Labute approximate surface area is 139 Å². The average molecular weight is 333 g/mol. The van der Waals surface area contributed by atoms with Gasteiger partial charge in [-0.2, -0.15) is 0 Å². The van der Waals surface area contributed by atoms with Crippen LogP contribution < -0.4 is 0 Å². The highest BCUT2D eigenvalue weighted by Gasteiger charge is 2.30. The molecule has 1 amide bonds. The molecule has 128 valence electrons. The van der Waals surface area contributed by atoms with Gasteiger partial charge in [0, 0.05) is 18.0 Å². The lowest BCUT2D eigenvalue weighted by Crippen LogP contribution is -2.42. The molecule has 0 radical (unpaired) electrons. The molecule has 0 aliphatic carbocycles. The summed E-state index contributed by atoms with van der Waals surface area (Å²) in [5.41, 5.74) is 0.717. The second kappa shape index (κ2) is 6.68. The molecule has 24 heavy (non-hydrogen) atoms. The van der Waals surface area contributed by atoms with Crippen molar-refractivity contribution in [3.63, 3.8) is 0 Å². The zero-order valence-electron chi connectivity index (χ0n) is 14.0. The molecule has 0 bridgehead atoms. The van der Waals surface area contributed by atoms with E-state index in [4.69, 9.17) is 9.15 Å². The molecule has 7 heteroatoms. The van der Waals surface area contributed by atoms with E-state index >= 15 is 0 Å². The number of carbonyl (C=O) groups is 1. The number of nitrogens with zero attached hydrogens (tertiary/aromatic N) is 3. The maximum Gasteiger partial charge on any atom is 0.254 e. The topological polar surface area (TPSA) is 68.5 Å². The molecule has 2 heterocycles. The van der Waals surface area contributed by atoms with Gasteiger partial charge in [-0.15, -0.1) is 10.2 Å². The summed E-state index contributed by atoms with van der Waals surface area (Å²) in [5.74, 6) is 0.431. The summed E-state index contributed by atoms with van der Waals surface area (Å²) < 4.78 is 25.0. The molecule has 1 aliphatic heterocycles. The standard InChI is InChI=1S/C17H20FN3O3/c1-10(2)15-19-20-16(24-15)14-9-21(7-8-23-14)17(22)12-5-4-6-13(18)11(12)3/h4-6,10,14H,7-9H2,1-3H3. The summed E-state index contributed by atoms with van der Waals surface area (Å²) in [5, 5.41) is 8.01. The zero-order chi connectivity index (χ0) is 17.3. The molecule has 1 aliphatic rings.